The number of hydrogen-bond acceptors (Lipinski definition) is 4. The summed E-state index contributed by atoms with van der Waals surface area (Å²) < 4.78 is 16.1. The molecule has 2 N–H and O–H groups in total. The minimum Gasteiger partial charge on any atom is -0.493 e. The van der Waals surface area contributed by atoms with Crippen molar-refractivity contribution in [2.45, 2.75) is 26.8 Å². The Hall–Kier alpha value is -1.42. The van der Waals surface area contributed by atoms with Crippen molar-refractivity contribution in [2.24, 2.45) is 17.6 Å². The Morgan fingerprint density at radius 3 is 1.89 bits per heavy atom. The van der Waals surface area contributed by atoms with Crippen LogP contribution in [0, 0.1) is 11.8 Å². The molecule has 0 aliphatic rings. The molecule has 0 bridgehead atoms. The van der Waals surface area contributed by atoms with Gasteiger partial charge in [0, 0.05) is 11.6 Å². The van der Waals surface area contributed by atoms with Crippen molar-refractivity contribution < 1.29 is 14.2 Å². The fraction of sp³-hybridized carbons (Fsp3) is 0.600. The molecule has 0 spiro atoms. The highest BCUT2D eigenvalue weighted by Crippen LogP contribution is 2.43. The number of hydrogen-bond donors (Lipinski definition) is 1. The van der Waals surface area contributed by atoms with Gasteiger partial charge in [-0.25, -0.2) is 0 Å². The SMILES string of the molecule is COc1ccc(C(N)C(C)C(C)C)c(OC)c1OC. The average Bonchev–Trinajstić information content (AvgIpc) is 2.43. The van der Waals surface area contributed by atoms with Crippen LogP contribution in [0.5, 0.6) is 17.2 Å². The van der Waals surface area contributed by atoms with Crippen molar-refractivity contribution in [2.75, 3.05) is 21.3 Å². The number of benzene rings is 1. The Bertz CT molecular complexity index is 418. The summed E-state index contributed by atoms with van der Waals surface area (Å²) in [5.41, 5.74) is 7.30. The van der Waals surface area contributed by atoms with E-state index in [0.717, 1.165) is 5.56 Å². The summed E-state index contributed by atoms with van der Waals surface area (Å²) >= 11 is 0. The predicted molar refractivity (Wildman–Crippen MR) is 77.0 cm³/mol. The van der Waals surface area contributed by atoms with Crippen LogP contribution in [-0.4, -0.2) is 21.3 Å². The Labute approximate surface area is 115 Å². The predicted octanol–water partition coefficient (Wildman–Crippen LogP) is 3.00. The smallest absolute Gasteiger partial charge is 0.203 e. The molecule has 0 fully saturated rings. The quantitative estimate of drug-likeness (QED) is 0.861. The average molecular weight is 267 g/mol. The lowest BCUT2D eigenvalue weighted by Gasteiger charge is -2.26. The zero-order valence-electron chi connectivity index (χ0n) is 12.7. The number of rotatable bonds is 6. The Morgan fingerprint density at radius 2 is 1.47 bits per heavy atom. The molecular weight excluding hydrogens is 242 g/mol. The first kappa shape index (κ1) is 15.6. The first-order chi connectivity index (χ1) is 8.97. The van der Waals surface area contributed by atoms with Crippen LogP contribution in [0.4, 0.5) is 0 Å². The minimum atomic E-state index is -0.102. The zero-order chi connectivity index (χ0) is 14.6. The summed E-state index contributed by atoms with van der Waals surface area (Å²) in [7, 11) is 4.82. The number of ether oxygens (including phenoxy) is 3. The van der Waals surface area contributed by atoms with Crippen molar-refractivity contribution in [1.29, 1.82) is 0 Å². The van der Waals surface area contributed by atoms with Crippen molar-refractivity contribution in [3.05, 3.63) is 17.7 Å². The van der Waals surface area contributed by atoms with E-state index in [9.17, 15) is 0 Å². The normalized spacial score (nSPS) is 14.1. The highest BCUT2D eigenvalue weighted by atomic mass is 16.5. The van der Waals surface area contributed by atoms with Crippen LogP contribution in [0.2, 0.25) is 0 Å². The van der Waals surface area contributed by atoms with E-state index in [2.05, 4.69) is 20.8 Å². The second kappa shape index (κ2) is 6.66. The van der Waals surface area contributed by atoms with Gasteiger partial charge in [-0.3, -0.25) is 0 Å². The van der Waals surface area contributed by atoms with Gasteiger partial charge in [0.25, 0.3) is 0 Å². The first-order valence-corrected chi connectivity index (χ1v) is 6.52. The van der Waals surface area contributed by atoms with Crippen molar-refractivity contribution >= 4 is 0 Å². The molecule has 1 rings (SSSR count). The lowest BCUT2D eigenvalue weighted by Crippen LogP contribution is -2.23. The zero-order valence-corrected chi connectivity index (χ0v) is 12.7. The fourth-order valence-corrected chi connectivity index (χ4v) is 2.08. The molecule has 4 nitrogen and oxygen atoms in total. The third-order valence-corrected chi connectivity index (χ3v) is 3.71. The summed E-state index contributed by atoms with van der Waals surface area (Å²) in [6.07, 6.45) is 0. The van der Waals surface area contributed by atoms with E-state index in [1.807, 2.05) is 12.1 Å². The number of methoxy groups -OCH3 is 3. The molecule has 1 aromatic carbocycles. The van der Waals surface area contributed by atoms with Crippen LogP contribution in [0.1, 0.15) is 32.4 Å². The van der Waals surface area contributed by atoms with Gasteiger partial charge in [-0.2, -0.15) is 0 Å². The third kappa shape index (κ3) is 3.13. The van der Waals surface area contributed by atoms with E-state index >= 15 is 0 Å². The van der Waals surface area contributed by atoms with Gasteiger partial charge < -0.3 is 19.9 Å². The Kier molecular flexibility index (Phi) is 5.48. The summed E-state index contributed by atoms with van der Waals surface area (Å²) in [5.74, 6) is 2.73. The standard InChI is InChI=1S/C15H25NO3/c1-9(2)10(3)13(16)11-7-8-12(17-4)15(19-6)14(11)18-5/h7-10,13H,16H2,1-6H3. The van der Waals surface area contributed by atoms with Gasteiger partial charge in [-0.15, -0.1) is 0 Å². The largest absolute Gasteiger partial charge is 0.493 e. The van der Waals surface area contributed by atoms with Crippen LogP contribution in [0.15, 0.2) is 12.1 Å². The topological polar surface area (TPSA) is 53.7 Å². The van der Waals surface area contributed by atoms with E-state index < -0.39 is 0 Å². The molecule has 0 aromatic heterocycles. The van der Waals surface area contributed by atoms with Gasteiger partial charge in [0.05, 0.1) is 21.3 Å². The second-order valence-corrected chi connectivity index (χ2v) is 5.05. The summed E-state index contributed by atoms with van der Waals surface area (Å²) in [4.78, 5) is 0. The third-order valence-electron chi connectivity index (χ3n) is 3.71. The van der Waals surface area contributed by atoms with Crippen LogP contribution in [-0.2, 0) is 0 Å². The Balaban J connectivity index is 3.28. The molecule has 4 heteroatoms. The summed E-state index contributed by atoms with van der Waals surface area (Å²) in [6.45, 7) is 6.47. The maximum absolute atomic E-state index is 6.35. The second-order valence-electron chi connectivity index (χ2n) is 5.05. The van der Waals surface area contributed by atoms with Crippen LogP contribution < -0.4 is 19.9 Å². The molecule has 1 aromatic rings. The van der Waals surface area contributed by atoms with E-state index in [1.54, 1.807) is 21.3 Å². The van der Waals surface area contributed by atoms with E-state index in [4.69, 9.17) is 19.9 Å². The van der Waals surface area contributed by atoms with Gasteiger partial charge in [0.2, 0.25) is 5.75 Å². The monoisotopic (exact) mass is 267 g/mol. The molecule has 2 atom stereocenters. The lowest BCUT2D eigenvalue weighted by molar-refractivity contribution is 0.308. The van der Waals surface area contributed by atoms with Gasteiger partial charge in [0.15, 0.2) is 11.5 Å². The molecule has 0 saturated carbocycles. The van der Waals surface area contributed by atoms with Gasteiger partial charge in [0.1, 0.15) is 0 Å². The van der Waals surface area contributed by atoms with Gasteiger partial charge >= 0.3 is 0 Å². The molecule has 0 aliphatic carbocycles. The van der Waals surface area contributed by atoms with Gasteiger partial charge in [-0.05, 0) is 24.0 Å². The molecule has 19 heavy (non-hydrogen) atoms. The molecule has 0 aliphatic heterocycles. The molecule has 0 amide bonds. The van der Waals surface area contributed by atoms with Crippen LogP contribution in [0.3, 0.4) is 0 Å². The fourth-order valence-electron chi connectivity index (χ4n) is 2.08. The van der Waals surface area contributed by atoms with Crippen LogP contribution in [0.25, 0.3) is 0 Å². The molecule has 2 unspecified atom stereocenters. The van der Waals surface area contributed by atoms with Crippen molar-refractivity contribution in [3.8, 4) is 17.2 Å². The highest BCUT2D eigenvalue weighted by molar-refractivity contribution is 5.56. The molecular formula is C15H25NO3. The molecule has 0 heterocycles. The maximum Gasteiger partial charge on any atom is 0.203 e. The van der Waals surface area contributed by atoms with E-state index in [-0.39, 0.29) is 6.04 Å². The maximum atomic E-state index is 6.35. The first-order valence-electron chi connectivity index (χ1n) is 6.52. The van der Waals surface area contributed by atoms with E-state index in [0.29, 0.717) is 29.1 Å². The van der Waals surface area contributed by atoms with Crippen molar-refractivity contribution in [3.63, 3.8) is 0 Å². The summed E-state index contributed by atoms with van der Waals surface area (Å²) in [5, 5.41) is 0. The Morgan fingerprint density at radius 1 is 0.895 bits per heavy atom. The lowest BCUT2D eigenvalue weighted by atomic mass is 9.86. The molecule has 108 valence electrons. The van der Waals surface area contributed by atoms with Crippen molar-refractivity contribution in [1.82, 2.24) is 0 Å². The van der Waals surface area contributed by atoms with Gasteiger partial charge in [-0.1, -0.05) is 20.8 Å². The molecule has 0 radical (unpaired) electrons. The minimum absolute atomic E-state index is 0.102. The number of nitrogens with two attached hydrogens (primary N) is 1. The highest BCUT2D eigenvalue weighted by Gasteiger charge is 2.25. The molecule has 0 saturated heterocycles. The van der Waals surface area contributed by atoms with Crippen LogP contribution >= 0.6 is 0 Å². The van der Waals surface area contributed by atoms with E-state index in [1.165, 1.54) is 0 Å². The summed E-state index contributed by atoms with van der Waals surface area (Å²) in [6, 6.07) is 3.71.